The Labute approximate surface area is 323 Å². The van der Waals surface area contributed by atoms with Gasteiger partial charge >= 0.3 is 5.97 Å². The molecule has 0 spiro atoms. The predicted octanol–water partition coefficient (Wildman–Crippen LogP) is 13.0. The molecule has 0 saturated heterocycles. The molecule has 1 amide bonds. The quantitative estimate of drug-likeness (QED) is 0.0329. The van der Waals surface area contributed by atoms with Crippen molar-refractivity contribution in [3.63, 3.8) is 0 Å². The van der Waals surface area contributed by atoms with Crippen LogP contribution in [-0.4, -0.2) is 47.4 Å². The van der Waals surface area contributed by atoms with Gasteiger partial charge in [0.1, 0.15) is 0 Å². The number of rotatable bonds is 42. The molecule has 0 fully saturated rings. The summed E-state index contributed by atoms with van der Waals surface area (Å²) >= 11 is 0. The molecule has 0 aliphatic carbocycles. The van der Waals surface area contributed by atoms with E-state index in [1.807, 2.05) is 0 Å². The summed E-state index contributed by atoms with van der Waals surface area (Å²) in [5.41, 5.74) is 0. The maximum Gasteiger partial charge on any atom is 0.305 e. The zero-order chi connectivity index (χ0) is 38.0. The Morgan fingerprint density at radius 3 is 1.40 bits per heavy atom. The smallest absolute Gasteiger partial charge is 0.305 e. The van der Waals surface area contributed by atoms with Crippen LogP contribution < -0.4 is 5.32 Å². The van der Waals surface area contributed by atoms with Gasteiger partial charge < -0.3 is 20.3 Å². The largest absolute Gasteiger partial charge is 0.466 e. The van der Waals surface area contributed by atoms with Gasteiger partial charge in [0.15, 0.2) is 0 Å². The van der Waals surface area contributed by atoms with Crippen LogP contribution in [0.5, 0.6) is 0 Å². The van der Waals surface area contributed by atoms with Gasteiger partial charge in [-0.2, -0.15) is 0 Å². The molecule has 0 rings (SSSR count). The number of esters is 1. The third-order valence-corrected chi connectivity index (χ3v) is 10.6. The molecule has 3 N–H and O–H groups in total. The van der Waals surface area contributed by atoms with E-state index in [9.17, 15) is 19.8 Å². The first-order valence-electron chi connectivity index (χ1n) is 22.9. The first kappa shape index (κ1) is 50.6. The number of aliphatic hydroxyl groups is 2. The number of hydrogen-bond donors (Lipinski definition) is 3. The fraction of sp³-hybridized carbons (Fsp3) is 0.913. The lowest BCUT2D eigenvalue weighted by molar-refractivity contribution is -0.143. The molecular weight excluding hydrogens is 647 g/mol. The minimum Gasteiger partial charge on any atom is -0.466 e. The van der Waals surface area contributed by atoms with E-state index < -0.39 is 12.1 Å². The summed E-state index contributed by atoms with van der Waals surface area (Å²) in [7, 11) is 0. The van der Waals surface area contributed by atoms with Crippen molar-refractivity contribution in [1.29, 1.82) is 0 Å². The van der Waals surface area contributed by atoms with Gasteiger partial charge in [-0.3, -0.25) is 9.59 Å². The fourth-order valence-electron chi connectivity index (χ4n) is 6.99. The summed E-state index contributed by atoms with van der Waals surface area (Å²) in [5.74, 6) is -0.130. The molecule has 0 aromatic rings. The summed E-state index contributed by atoms with van der Waals surface area (Å²) in [6, 6.07) is -0.576. The monoisotopic (exact) mass is 736 g/mol. The Balaban J connectivity index is 3.55. The number of hydrogen-bond acceptors (Lipinski definition) is 5. The molecule has 2 atom stereocenters. The van der Waals surface area contributed by atoms with Gasteiger partial charge in [-0.05, 0) is 44.9 Å². The first-order valence-corrected chi connectivity index (χ1v) is 22.9. The lowest BCUT2D eigenvalue weighted by Gasteiger charge is -2.22. The number of amides is 1. The van der Waals surface area contributed by atoms with Crippen LogP contribution in [0.1, 0.15) is 245 Å². The molecule has 0 saturated carbocycles. The van der Waals surface area contributed by atoms with Crippen molar-refractivity contribution >= 4 is 11.9 Å². The Hall–Kier alpha value is -1.40. The summed E-state index contributed by atoms with van der Waals surface area (Å²) in [5, 5.41) is 23.1. The molecule has 6 heteroatoms. The van der Waals surface area contributed by atoms with Crippen LogP contribution in [0.25, 0.3) is 0 Å². The molecule has 2 unspecified atom stereocenters. The van der Waals surface area contributed by atoms with Crippen molar-refractivity contribution in [2.75, 3.05) is 13.2 Å². The topological polar surface area (TPSA) is 95.9 Å². The van der Waals surface area contributed by atoms with E-state index in [-0.39, 0.29) is 18.5 Å². The number of carbonyl (C=O) groups excluding carboxylic acids is 2. The molecular formula is C46H89NO5. The summed E-state index contributed by atoms with van der Waals surface area (Å²) in [4.78, 5) is 24.4. The maximum absolute atomic E-state index is 12.4. The van der Waals surface area contributed by atoms with Crippen molar-refractivity contribution in [3.8, 4) is 0 Å². The number of nitrogens with one attached hydrogen (secondary N) is 1. The van der Waals surface area contributed by atoms with Crippen LogP contribution in [0.2, 0.25) is 0 Å². The molecule has 0 aromatic heterocycles. The minimum absolute atomic E-state index is 0.0345. The molecule has 0 bridgehead atoms. The Morgan fingerprint density at radius 2 is 0.923 bits per heavy atom. The second-order valence-electron chi connectivity index (χ2n) is 15.7. The lowest BCUT2D eigenvalue weighted by atomic mass is 10.0. The van der Waals surface area contributed by atoms with E-state index >= 15 is 0 Å². The Morgan fingerprint density at radius 1 is 0.519 bits per heavy atom. The number of unbranched alkanes of at least 4 members (excludes halogenated alkanes) is 29. The molecule has 0 aliphatic rings. The summed E-state index contributed by atoms with van der Waals surface area (Å²) in [6.07, 6.45) is 46.0. The van der Waals surface area contributed by atoms with Crippen LogP contribution >= 0.6 is 0 Å². The molecule has 0 radical (unpaired) electrons. The van der Waals surface area contributed by atoms with E-state index in [1.54, 1.807) is 0 Å². The Bertz CT molecular complexity index is 772. The van der Waals surface area contributed by atoms with Gasteiger partial charge in [-0.1, -0.05) is 199 Å². The van der Waals surface area contributed by atoms with E-state index in [1.165, 1.54) is 141 Å². The van der Waals surface area contributed by atoms with E-state index in [4.69, 9.17) is 4.74 Å². The predicted molar refractivity (Wildman–Crippen MR) is 223 cm³/mol. The van der Waals surface area contributed by atoms with Crippen LogP contribution in [0, 0.1) is 0 Å². The summed E-state index contributed by atoms with van der Waals surface area (Å²) < 4.78 is 5.42. The molecule has 0 aromatic carbocycles. The third-order valence-electron chi connectivity index (χ3n) is 10.6. The highest BCUT2D eigenvalue weighted by Crippen LogP contribution is 2.16. The lowest BCUT2D eigenvalue weighted by Crippen LogP contribution is -2.45. The number of aliphatic hydroxyl groups excluding tert-OH is 2. The third kappa shape index (κ3) is 38.3. The number of ether oxygens (including phenoxy) is 1. The molecule has 0 heterocycles. The van der Waals surface area contributed by atoms with Gasteiger partial charge in [0.05, 0.1) is 25.4 Å². The van der Waals surface area contributed by atoms with Crippen molar-refractivity contribution in [2.45, 2.75) is 257 Å². The highest BCUT2D eigenvalue weighted by Gasteiger charge is 2.19. The van der Waals surface area contributed by atoms with E-state index in [0.717, 1.165) is 70.6 Å². The second kappa shape index (κ2) is 42.3. The van der Waals surface area contributed by atoms with Gasteiger partial charge in [-0.25, -0.2) is 0 Å². The average molecular weight is 736 g/mol. The second-order valence-corrected chi connectivity index (χ2v) is 15.7. The highest BCUT2D eigenvalue weighted by atomic mass is 16.5. The first-order chi connectivity index (χ1) is 25.5. The van der Waals surface area contributed by atoms with Crippen LogP contribution in [0.15, 0.2) is 12.2 Å². The van der Waals surface area contributed by atoms with E-state index in [0.29, 0.717) is 25.9 Å². The zero-order valence-corrected chi connectivity index (χ0v) is 34.8. The normalized spacial score (nSPS) is 12.8. The maximum atomic E-state index is 12.4. The van der Waals surface area contributed by atoms with Crippen molar-refractivity contribution in [3.05, 3.63) is 12.2 Å². The molecule has 52 heavy (non-hydrogen) atoms. The molecule has 6 nitrogen and oxygen atoms in total. The van der Waals surface area contributed by atoms with Crippen LogP contribution in [0.3, 0.4) is 0 Å². The SMILES string of the molecule is CCCCCCCCCCCCCCCC(=O)OCCCCCC/C=C\CCCC(=O)NC(CO)C(O)CCCCCCCCCCCCCCC. The summed E-state index contributed by atoms with van der Waals surface area (Å²) in [6.45, 7) is 4.85. The average Bonchev–Trinajstić information content (AvgIpc) is 3.14. The van der Waals surface area contributed by atoms with Crippen molar-refractivity contribution in [1.82, 2.24) is 5.32 Å². The Kier molecular flexibility index (Phi) is 41.2. The van der Waals surface area contributed by atoms with Gasteiger partial charge in [0, 0.05) is 12.8 Å². The van der Waals surface area contributed by atoms with Crippen molar-refractivity contribution in [2.24, 2.45) is 0 Å². The molecule has 308 valence electrons. The number of allylic oxidation sites excluding steroid dienone is 2. The number of carbonyl (C=O) groups is 2. The van der Waals surface area contributed by atoms with E-state index in [2.05, 4.69) is 31.3 Å². The fourth-order valence-corrected chi connectivity index (χ4v) is 6.99. The minimum atomic E-state index is -0.692. The van der Waals surface area contributed by atoms with Gasteiger partial charge in [0.2, 0.25) is 5.91 Å². The van der Waals surface area contributed by atoms with Crippen molar-refractivity contribution < 1.29 is 24.5 Å². The van der Waals surface area contributed by atoms with Gasteiger partial charge in [0.25, 0.3) is 0 Å². The van der Waals surface area contributed by atoms with Crippen LogP contribution in [0.4, 0.5) is 0 Å². The standard InChI is InChI=1S/C46H89NO5/c1-3-5-7-9-11-13-15-17-19-22-26-30-34-38-44(49)43(42-48)47-45(50)39-35-31-27-23-21-25-29-33-37-41-52-46(51)40-36-32-28-24-20-18-16-14-12-10-8-6-4-2/h23,27,43-44,48-49H,3-22,24-26,28-42H2,1-2H3,(H,47,50)/b27-23-. The molecule has 0 aliphatic heterocycles. The van der Waals surface area contributed by atoms with Crippen LogP contribution in [-0.2, 0) is 14.3 Å². The van der Waals surface area contributed by atoms with Gasteiger partial charge in [-0.15, -0.1) is 0 Å². The zero-order valence-electron chi connectivity index (χ0n) is 34.8. The highest BCUT2D eigenvalue weighted by molar-refractivity contribution is 5.76.